The lowest BCUT2D eigenvalue weighted by Gasteiger charge is -2.09. The third-order valence-corrected chi connectivity index (χ3v) is 4.37. The van der Waals surface area contributed by atoms with Crippen LogP contribution in [0, 0.1) is 0 Å². The Kier molecular flexibility index (Phi) is 4.44. The van der Waals surface area contributed by atoms with Crippen LogP contribution in [-0.4, -0.2) is 24.7 Å². The zero-order valence-corrected chi connectivity index (χ0v) is 11.2. The molecule has 16 heavy (non-hydrogen) atoms. The predicted molar refractivity (Wildman–Crippen MR) is 69.2 cm³/mol. The standard InChI is InChI=1S/C12H13BrO2S/c13-12-6-11(4-3-9(12)7-14)16-8-10-2-1-5-15-10/h3-4,6-7,10H,1-2,5,8H2. The molecule has 1 aliphatic heterocycles. The quantitative estimate of drug-likeness (QED) is 0.628. The van der Waals surface area contributed by atoms with E-state index < -0.39 is 0 Å². The van der Waals surface area contributed by atoms with Crippen molar-refractivity contribution in [2.45, 2.75) is 23.8 Å². The van der Waals surface area contributed by atoms with E-state index in [0.717, 1.165) is 23.1 Å². The minimum Gasteiger partial charge on any atom is -0.377 e. The molecular weight excluding hydrogens is 288 g/mol. The molecule has 1 aliphatic rings. The van der Waals surface area contributed by atoms with E-state index in [4.69, 9.17) is 4.74 Å². The average molecular weight is 301 g/mol. The fraction of sp³-hybridized carbons (Fsp3) is 0.417. The normalized spacial score (nSPS) is 19.9. The SMILES string of the molecule is O=Cc1ccc(SCC2CCCO2)cc1Br. The Hall–Kier alpha value is -0.320. The van der Waals surface area contributed by atoms with Gasteiger partial charge in [0, 0.05) is 27.3 Å². The lowest BCUT2D eigenvalue weighted by molar-refractivity contribution is 0.112. The highest BCUT2D eigenvalue weighted by Gasteiger charge is 2.15. The second-order valence-electron chi connectivity index (χ2n) is 3.75. The zero-order chi connectivity index (χ0) is 11.4. The molecule has 0 N–H and O–H groups in total. The lowest BCUT2D eigenvalue weighted by Crippen LogP contribution is -2.07. The molecule has 4 heteroatoms. The summed E-state index contributed by atoms with van der Waals surface area (Å²) in [6, 6.07) is 5.81. The summed E-state index contributed by atoms with van der Waals surface area (Å²) in [6.45, 7) is 0.902. The van der Waals surface area contributed by atoms with Gasteiger partial charge in [-0.05, 0) is 31.0 Å². The van der Waals surface area contributed by atoms with Crippen molar-refractivity contribution in [2.75, 3.05) is 12.4 Å². The molecule has 86 valence electrons. The van der Waals surface area contributed by atoms with E-state index >= 15 is 0 Å². The van der Waals surface area contributed by atoms with Gasteiger partial charge in [-0.3, -0.25) is 4.79 Å². The van der Waals surface area contributed by atoms with Crippen LogP contribution < -0.4 is 0 Å². The van der Waals surface area contributed by atoms with E-state index in [-0.39, 0.29) is 0 Å². The van der Waals surface area contributed by atoms with Crippen molar-refractivity contribution in [2.24, 2.45) is 0 Å². The fourth-order valence-corrected chi connectivity index (χ4v) is 3.29. The second-order valence-corrected chi connectivity index (χ2v) is 5.69. The monoisotopic (exact) mass is 300 g/mol. The van der Waals surface area contributed by atoms with Crippen LogP contribution in [0.25, 0.3) is 0 Å². The fourth-order valence-electron chi connectivity index (χ4n) is 1.66. The Morgan fingerprint density at radius 1 is 1.56 bits per heavy atom. The third kappa shape index (κ3) is 3.09. The van der Waals surface area contributed by atoms with Crippen LogP contribution in [0.2, 0.25) is 0 Å². The second kappa shape index (κ2) is 5.84. The number of thioether (sulfide) groups is 1. The number of hydrogen-bond acceptors (Lipinski definition) is 3. The van der Waals surface area contributed by atoms with Crippen molar-refractivity contribution in [3.63, 3.8) is 0 Å². The smallest absolute Gasteiger partial charge is 0.151 e. The van der Waals surface area contributed by atoms with Gasteiger partial charge in [-0.1, -0.05) is 15.9 Å². The Balaban J connectivity index is 1.93. The lowest BCUT2D eigenvalue weighted by atomic mass is 10.2. The highest BCUT2D eigenvalue weighted by atomic mass is 79.9. The molecule has 2 rings (SSSR count). The summed E-state index contributed by atoms with van der Waals surface area (Å²) in [5, 5.41) is 0. The predicted octanol–water partition coefficient (Wildman–Crippen LogP) is 3.53. The molecule has 1 saturated heterocycles. The van der Waals surface area contributed by atoms with Crippen molar-refractivity contribution >= 4 is 34.0 Å². The van der Waals surface area contributed by atoms with E-state index in [1.807, 2.05) is 18.2 Å². The highest BCUT2D eigenvalue weighted by Crippen LogP contribution is 2.27. The maximum absolute atomic E-state index is 10.6. The molecule has 0 saturated carbocycles. The van der Waals surface area contributed by atoms with Gasteiger partial charge in [-0.2, -0.15) is 0 Å². The minimum absolute atomic E-state index is 0.398. The minimum atomic E-state index is 0.398. The van der Waals surface area contributed by atoms with Crippen molar-refractivity contribution in [3.8, 4) is 0 Å². The molecule has 1 fully saturated rings. The van der Waals surface area contributed by atoms with Crippen molar-refractivity contribution < 1.29 is 9.53 Å². The maximum Gasteiger partial charge on any atom is 0.151 e. The van der Waals surface area contributed by atoms with Gasteiger partial charge < -0.3 is 4.74 Å². The number of benzene rings is 1. The average Bonchev–Trinajstić information content (AvgIpc) is 2.79. The molecule has 1 heterocycles. The van der Waals surface area contributed by atoms with E-state index in [0.29, 0.717) is 11.7 Å². The van der Waals surface area contributed by atoms with Crippen LogP contribution in [0.5, 0.6) is 0 Å². The summed E-state index contributed by atoms with van der Waals surface area (Å²) in [7, 11) is 0. The number of carbonyl (C=O) groups is 1. The van der Waals surface area contributed by atoms with Crippen LogP contribution in [0.4, 0.5) is 0 Å². The molecule has 1 aromatic rings. The first-order chi connectivity index (χ1) is 7.79. The van der Waals surface area contributed by atoms with Gasteiger partial charge in [0.25, 0.3) is 0 Å². The first-order valence-electron chi connectivity index (χ1n) is 5.29. The van der Waals surface area contributed by atoms with Gasteiger partial charge >= 0.3 is 0 Å². The van der Waals surface area contributed by atoms with Gasteiger partial charge in [-0.25, -0.2) is 0 Å². The van der Waals surface area contributed by atoms with E-state index in [1.54, 1.807) is 11.8 Å². The van der Waals surface area contributed by atoms with Crippen molar-refractivity contribution in [1.29, 1.82) is 0 Å². The summed E-state index contributed by atoms with van der Waals surface area (Å²) in [4.78, 5) is 11.8. The Morgan fingerprint density at radius 3 is 3.06 bits per heavy atom. The summed E-state index contributed by atoms with van der Waals surface area (Å²) in [5.41, 5.74) is 0.696. The molecule has 1 aromatic carbocycles. The van der Waals surface area contributed by atoms with Gasteiger partial charge in [0.05, 0.1) is 6.10 Å². The number of ether oxygens (including phenoxy) is 1. The summed E-state index contributed by atoms with van der Waals surface area (Å²) in [6.07, 6.45) is 3.60. The van der Waals surface area contributed by atoms with Gasteiger partial charge in [0.15, 0.2) is 6.29 Å². The first kappa shape index (κ1) is 12.1. The Bertz CT molecular complexity index is 375. The molecule has 0 aliphatic carbocycles. The number of halogens is 1. The Labute approximate surface area is 108 Å². The van der Waals surface area contributed by atoms with Crippen molar-refractivity contribution in [3.05, 3.63) is 28.2 Å². The number of carbonyl (C=O) groups excluding carboxylic acids is 1. The number of rotatable bonds is 4. The van der Waals surface area contributed by atoms with E-state index in [1.165, 1.54) is 17.7 Å². The molecule has 1 unspecified atom stereocenters. The van der Waals surface area contributed by atoms with Crippen molar-refractivity contribution in [1.82, 2.24) is 0 Å². The summed E-state index contributed by atoms with van der Waals surface area (Å²) in [5.74, 6) is 0.993. The van der Waals surface area contributed by atoms with Gasteiger partial charge in [-0.15, -0.1) is 11.8 Å². The molecule has 0 spiro atoms. The van der Waals surface area contributed by atoms with E-state index in [2.05, 4.69) is 15.9 Å². The highest BCUT2D eigenvalue weighted by molar-refractivity contribution is 9.10. The Morgan fingerprint density at radius 2 is 2.44 bits per heavy atom. The van der Waals surface area contributed by atoms with Gasteiger partial charge in [0.2, 0.25) is 0 Å². The topological polar surface area (TPSA) is 26.3 Å². The van der Waals surface area contributed by atoms with Crippen LogP contribution in [0.15, 0.2) is 27.6 Å². The van der Waals surface area contributed by atoms with Crippen LogP contribution in [-0.2, 0) is 4.74 Å². The number of hydrogen-bond donors (Lipinski definition) is 0. The molecule has 0 radical (unpaired) electrons. The van der Waals surface area contributed by atoms with Crippen LogP contribution in [0.1, 0.15) is 23.2 Å². The zero-order valence-electron chi connectivity index (χ0n) is 8.82. The molecule has 0 aromatic heterocycles. The molecular formula is C12H13BrO2S. The first-order valence-corrected chi connectivity index (χ1v) is 7.06. The molecule has 0 amide bonds. The van der Waals surface area contributed by atoms with Crippen LogP contribution in [0.3, 0.4) is 0 Å². The molecule has 0 bridgehead atoms. The summed E-state index contributed by atoms with van der Waals surface area (Å²) < 4.78 is 6.42. The molecule has 1 atom stereocenters. The van der Waals surface area contributed by atoms with Crippen LogP contribution >= 0.6 is 27.7 Å². The molecule has 2 nitrogen and oxygen atoms in total. The number of aldehydes is 1. The van der Waals surface area contributed by atoms with E-state index in [9.17, 15) is 4.79 Å². The summed E-state index contributed by atoms with van der Waals surface area (Å²) >= 11 is 5.17. The third-order valence-electron chi connectivity index (χ3n) is 2.56. The maximum atomic E-state index is 10.6. The van der Waals surface area contributed by atoms with Gasteiger partial charge in [0.1, 0.15) is 0 Å². The largest absolute Gasteiger partial charge is 0.377 e.